The highest BCUT2D eigenvalue weighted by molar-refractivity contribution is 6.04. The molecule has 2 aromatic carbocycles. The van der Waals surface area contributed by atoms with E-state index in [1.54, 1.807) is 13.1 Å². The van der Waals surface area contributed by atoms with E-state index >= 15 is 0 Å². The summed E-state index contributed by atoms with van der Waals surface area (Å²) in [6.45, 7) is 1.79. The standard InChI is InChI=1S/C20H15N5O/c1-12-23-18-15-7-3-5-9-17(15)24-19(18)20(26)25(12)22-11-13-10-21-16-8-4-2-6-14(13)16/h2-11,21,24H,1H3/b22-11-. The summed E-state index contributed by atoms with van der Waals surface area (Å²) in [5.41, 5.74) is 3.78. The topological polar surface area (TPSA) is 78.8 Å². The van der Waals surface area contributed by atoms with E-state index in [0.29, 0.717) is 16.9 Å². The number of H-pyrrole nitrogens is 2. The maximum absolute atomic E-state index is 12.9. The molecule has 0 unspecified atom stereocenters. The first-order valence-electron chi connectivity index (χ1n) is 8.33. The van der Waals surface area contributed by atoms with E-state index in [9.17, 15) is 4.79 Å². The first-order chi connectivity index (χ1) is 12.7. The Bertz CT molecular complexity index is 1370. The molecule has 0 bridgehead atoms. The third-order valence-corrected chi connectivity index (χ3v) is 4.60. The molecule has 5 aromatic rings. The van der Waals surface area contributed by atoms with Gasteiger partial charge in [0.15, 0.2) is 0 Å². The van der Waals surface area contributed by atoms with Gasteiger partial charge in [0.25, 0.3) is 5.56 Å². The molecular weight excluding hydrogens is 326 g/mol. The Balaban J connectivity index is 1.69. The van der Waals surface area contributed by atoms with Crippen LogP contribution in [0.3, 0.4) is 0 Å². The third kappa shape index (κ3) is 2.09. The fourth-order valence-electron chi connectivity index (χ4n) is 3.32. The van der Waals surface area contributed by atoms with Gasteiger partial charge in [0.1, 0.15) is 16.9 Å². The van der Waals surface area contributed by atoms with Crippen LogP contribution in [0.1, 0.15) is 11.4 Å². The van der Waals surface area contributed by atoms with Crippen molar-refractivity contribution < 1.29 is 0 Å². The fraction of sp³-hybridized carbons (Fsp3) is 0.0500. The van der Waals surface area contributed by atoms with Gasteiger partial charge in [0.05, 0.1) is 6.21 Å². The highest BCUT2D eigenvalue weighted by atomic mass is 16.1. The van der Waals surface area contributed by atoms with Crippen LogP contribution in [0.4, 0.5) is 0 Å². The normalized spacial score (nSPS) is 12.0. The number of hydrogen-bond donors (Lipinski definition) is 2. The van der Waals surface area contributed by atoms with Gasteiger partial charge in [-0.25, -0.2) is 4.98 Å². The van der Waals surface area contributed by atoms with Gasteiger partial charge < -0.3 is 9.97 Å². The number of fused-ring (bicyclic) bond motifs is 4. The quantitative estimate of drug-likeness (QED) is 0.482. The zero-order chi connectivity index (χ0) is 17.7. The molecule has 0 fully saturated rings. The van der Waals surface area contributed by atoms with Crippen LogP contribution >= 0.6 is 0 Å². The van der Waals surface area contributed by atoms with E-state index in [-0.39, 0.29) is 5.56 Å². The molecule has 2 N–H and O–H groups in total. The van der Waals surface area contributed by atoms with Gasteiger partial charge in [-0.05, 0) is 19.1 Å². The Kier molecular flexibility index (Phi) is 3.05. The van der Waals surface area contributed by atoms with Crippen molar-refractivity contribution in [1.82, 2.24) is 19.6 Å². The maximum atomic E-state index is 12.9. The Morgan fingerprint density at radius 3 is 2.62 bits per heavy atom. The Labute approximate surface area is 147 Å². The Morgan fingerprint density at radius 2 is 1.77 bits per heavy atom. The summed E-state index contributed by atoms with van der Waals surface area (Å²) in [4.78, 5) is 23.9. The summed E-state index contributed by atoms with van der Waals surface area (Å²) in [5, 5.41) is 6.39. The predicted octanol–water partition coefficient (Wildman–Crippen LogP) is 3.55. The average Bonchev–Trinajstić information content (AvgIpc) is 3.24. The number of benzene rings is 2. The number of para-hydroxylation sites is 2. The zero-order valence-corrected chi connectivity index (χ0v) is 14.0. The molecule has 3 aromatic heterocycles. The summed E-state index contributed by atoms with van der Waals surface area (Å²) in [5.74, 6) is 0.545. The van der Waals surface area contributed by atoms with Crippen molar-refractivity contribution in [2.24, 2.45) is 5.10 Å². The highest BCUT2D eigenvalue weighted by Crippen LogP contribution is 2.21. The largest absolute Gasteiger partial charge is 0.361 e. The lowest BCUT2D eigenvalue weighted by atomic mass is 10.2. The first kappa shape index (κ1) is 14.7. The summed E-state index contributed by atoms with van der Waals surface area (Å²) in [6.07, 6.45) is 3.56. The van der Waals surface area contributed by atoms with E-state index in [1.165, 1.54) is 4.68 Å². The Morgan fingerprint density at radius 1 is 1.04 bits per heavy atom. The number of nitrogens with one attached hydrogen (secondary N) is 2. The molecule has 26 heavy (non-hydrogen) atoms. The van der Waals surface area contributed by atoms with Crippen molar-refractivity contribution in [2.45, 2.75) is 6.92 Å². The highest BCUT2D eigenvalue weighted by Gasteiger charge is 2.12. The van der Waals surface area contributed by atoms with E-state index in [1.807, 2.05) is 54.7 Å². The van der Waals surface area contributed by atoms with Gasteiger partial charge in [-0.15, -0.1) is 0 Å². The number of nitrogens with zero attached hydrogens (tertiary/aromatic N) is 3. The van der Waals surface area contributed by atoms with Gasteiger partial charge in [0.2, 0.25) is 0 Å². The summed E-state index contributed by atoms with van der Waals surface area (Å²) in [7, 11) is 0. The van der Waals surface area contributed by atoms with Gasteiger partial charge in [-0.3, -0.25) is 4.79 Å². The van der Waals surface area contributed by atoms with Gasteiger partial charge in [0, 0.05) is 33.6 Å². The summed E-state index contributed by atoms with van der Waals surface area (Å²) >= 11 is 0. The van der Waals surface area contributed by atoms with Crippen LogP contribution in [0.15, 0.2) is 64.6 Å². The minimum Gasteiger partial charge on any atom is -0.361 e. The lowest BCUT2D eigenvalue weighted by molar-refractivity contribution is 0.770. The van der Waals surface area contributed by atoms with Crippen LogP contribution in [-0.2, 0) is 0 Å². The molecule has 3 heterocycles. The molecule has 0 radical (unpaired) electrons. The molecule has 0 saturated heterocycles. The van der Waals surface area contributed by atoms with Crippen molar-refractivity contribution in [3.63, 3.8) is 0 Å². The number of aromatic nitrogens is 4. The fourth-order valence-corrected chi connectivity index (χ4v) is 3.32. The monoisotopic (exact) mass is 341 g/mol. The molecule has 126 valence electrons. The molecule has 0 aliphatic heterocycles. The first-order valence-corrected chi connectivity index (χ1v) is 8.33. The van der Waals surface area contributed by atoms with E-state index < -0.39 is 0 Å². The van der Waals surface area contributed by atoms with Crippen molar-refractivity contribution in [1.29, 1.82) is 0 Å². The van der Waals surface area contributed by atoms with Crippen LogP contribution in [0.2, 0.25) is 0 Å². The molecular formula is C20H15N5O. The third-order valence-electron chi connectivity index (χ3n) is 4.60. The number of aryl methyl sites for hydroxylation is 1. The molecule has 0 aliphatic rings. The van der Waals surface area contributed by atoms with Crippen molar-refractivity contribution in [2.75, 3.05) is 0 Å². The number of aromatic amines is 2. The predicted molar refractivity (Wildman–Crippen MR) is 104 cm³/mol. The molecule has 0 saturated carbocycles. The van der Waals surface area contributed by atoms with Crippen LogP contribution in [-0.4, -0.2) is 25.8 Å². The van der Waals surface area contributed by atoms with Crippen molar-refractivity contribution in [3.8, 4) is 0 Å². The maximum Gasteiger partial charge on any atom is 0.298 e. The SMILES string of the molecule is Cc1nc2c([nH]c3ccccc32)c(=O)n1/N=C\c1c[nH]c2ccccc12. The van der Waals surface area contributed by atoms with Crippen molar-refractivity contribution >= 4 is 39.1 Å². The molecule has 0 amide bonds. The lowest BCUT2D eigenvalue weighted by Crippen LogP contribution is -2.20. The molecule has 0 atom stereocenters. The van der Waals surface area contributed by atoms with Crippen LogP contribution < -0.4 is 5.56 Å². The summed E-state index contributed by atoms with van der Waals surface area (Å²) in [6, 6.07) is 15.7. The zero-order valence-electron chi connectivity index (χ0n) is 14.0. The Hall–Kier alpha value is -3.67. The van der Waals surface area contributed by atoms with Gasteiger partial charge >= 0.3 is 0 Å². The molecule has 0 aliphatic carbocycles. The number of rotatable bonds is 2. The van der Waals surface area contributed by atoms with Gasteiger partial charge in [-0.2, -0.15) is 9.78 Å². The van der Waals surface area contributed by atoms with Gasteiger partial charge in [-0.1, -0.05) is 36.4 Å². The van der Waals surface area contributed by atoms with Crippen molar-refractivity contribution in [3.05, 3.63) is 76.5 Å². The molecule has 0 spiro atoms. The molecule has 5 rings (SSSR count). The molecule has 6 heteroatoms. The minimum absolute atomic E-state index is 0.209. The second kappa shape index (κ2) is 5.42. The summed E-state index contributed by atoms with van der Waals surface area (Å²) < 4.78 is 1.33. The second-order valence-corrected chi connectivity index (χ2v) is 6.20. The smallest absolute Gasteiger partial charge is 0.298 e. The second-order valence-electron chi connectivity index (χ2n) is 6.20. The number of hydrogen-bond acceptors (Lipinski definition) is 3. The van der Waals surface area contributed by atoms with E-state index in [4.69, 9.17) is 0 Å². The van der Waals surface area contributed by atoms with E-state index in [2.05, 4.69) is 20.1 Å². The molecule has 6 nitrogen and oxygen atoms in total. The van der Waals surface area contributed by atoms with E-state index in [0.717, 1.165) is 27.4 Å². The van der Waals surface area contributed by atoms with Crippen LogP contribution in [0.5, 0.6) is 0 Å². The minimum atomic E-state index is -0.209. The average molecular weight is 341 g/mol. The van der Waals surface area contributed by atoms with Crippen LogP contribution in [0, 0.1) is 6.92 Å². The van der Waals surface area contributed by atoms with Crippen LogP contribution in [0.25, 0.3) is 32.8 Å². The lowest BCUT2D eigenvalue weighted by Gasteiger charge is -2.02.